The van der Waals surface area contributed by atoms with Gasteiger partial charge in [-0.05, 0) is 49.6 Å². The van der Waals surface area contributed by atoms with Crippen LogP contribution in [0, 0.1) is 22.9 Å². The molecule has 36 heavy (non-hydrogen) atoms. The number of amides is 1. The first kappa shape index (κ1) is 25.4. The van der Waals surface area contributed by atoms with E-state index >= 15 is 0 Å². The summed E-state index contributed by atoms with van der Waals surface area (Å²) in [4.78, 5) is 24.3. The number of likely N-dealkylation sites (tertiary alicyclic amines) is 1. The lowest BCUT2D eigenvalue weighted by Gasteiger charge is -2.44. The summed E-state index contributed by atoms with van der Waals surface area (Å²) in [6.07, 6.45) is 3.03. The average Bonchev–Trinajstić information content (AvgIpc) is 2.87. The van der Waals surface area contributed by atoms with Crippen molar-refractivity contribution in [1.29, 1.82) is 5.41 Å². The van der Waals surface area contributed by atoms with E-state index in [1.54, 1.807) is 36.3 Å². The Labute approximate surface area is 208 Å². The van der Waals surface area contributed by atoms with E-state index in [-0.39, 0.29) is 23.2 Å². The van der Waals surface area contributed by atoms with Gasteiger partial charge in [-0.15, -0.1) is 0 Å². The predicted octanol–water partition coefficient (Wildman–Crippen LogP) is 3.36. The Kier molecular flexibility index (Phi) is 7.15. The molecule has 3 aromatic rings. The summed E-state index contributed by atoms with van der Waals surface area (Å²) in [6, 6.07) is 6.22. The van der Waals surface area contributed by atoms with Gasteiger partial charge >= 0.3 is 0 Å². The second-order valence-corrected chi connectivity index (χ2v) is 8.89. The average molecular weight is 493 g/mol. The first-order valence-corrected chi connectivity index (χ1v) is 11.9. The van der Waals surface area contributed by atoms with Crippen molar-refractivity contribution in [2.24, 2.45) is 0 Å². The lowest BCUT2D eigenvalue weighted by molar-refractivity contribution is 0.0607. The van der Waals surface area contributed by atoms with Crippen LogP contribution in [0.1, 0.15) is 49.0 Å². The molecule has 186 valence electrons. The lowest BCUT2D eigenvalue weighted by atomic mass is 9.83. The van der Waals surface area contributed by atoms with Gasteiger partial charge in [0.25, 0.3) is 5.91 Å². The smallest absolute Gasteiger partial charge is 0.254 e. The van der Waals surface area contributed by atoms with Crippen LogP contribution in [0.15, 0.2) is 42.1 Å². The molecule has 1 fully saturated rings. The van der Waals surface area contributed by atoms with Crippen molar-refractivity contribution in [2.75, 3.05) is 7.05 Å². The number of halogens is 3. The van der Waals surface area contributed by atoms with Crippen molar-refractivity contribution < 1.29 is 18.0 Å². The zero-order chi connectivity index (χ0) is 26.1. The summed E-state index contributed by atoms with van der Waals surface area (Å²) in [5.74, 6) is -4.35. The number of carbonyl (C=O) groups is 1. The maximum absolute atomic E-state index is 14.0. The Morgan fingerprint density at radius 1 is 1.11 bits per heavy atom. The molecular formula is C26H27BF3N5O. The standard InChI is InChI=1S/C26H27BF3N5O/c1-4-15-11-16(25(32-3)14-8-17(28)23(30)18(29)9-14)24(31)21(5-2)35(15)26(36)13-6-7-19-20(10-13)33-12-22(27)34-19/h6-10,12,15,21,31-32H,4-5,11,27H2,1-3H3/b25-16-,31-24?/t15-,21+/m0/s1. The van der Waals surface area contributed by atoms with Crippen LogP contribution in [0.2, 0.25) is 0 Å². The third-order valence-electron chi connectivity index (χ3n) is 6.65. The molecule has 1 aromatic heterocycles. The number of hydrogen-bond acceptors (Lipinski definition) is 5. The second-order valence-electron chi connectivity index (χ2n) is 8.89. The highest BCUT2D eigenvalue weighted by atomic mass is 19.2. The molecule has 0 aliphatic carbocycles. The normalized spacial score (nSPS) is 19.5. The van der Waals surface area contributed by atoms with E-state index in [2.05, 4.69) is 15.3 Å². The highest BCUT2D eigenvalue weighted by molar-refractivity contribution is 6.30. The van der Waals surface area contributed by atoms with Crippen LogP contribution in [0.3, 0.4) is 0 Å². The van der Waals surface area contributed by atoms with Crippen molar-refractivity contribution in [3.63, 3.8) is 0 Å². The summed E-state index contributed by atoms with van der Waals surface area (Å²) in [5, 5.41) is 11.9. The molecule has 1 amide bonds. The van der Waals surface area contributed by atoms with E-state index in [9.17, 15) is 18.0 Å². The summed E-state index contributed by atoms with van der Waals surface area (Å²) in [6.45, 7) is 3.84. The topological polar surface area (TPSA) is 82.0 Å². The molecule has 4 rings (SSSR count). The van der Waals surface area contributed by atoms with Crippen LogP contribution in [0.4, 0.5) is 13.2 Å². The molecule has 1 aliphatic heterocycles. The van der Waals surface area contributed by atoms with Crippen LogP contribution in [-0.2, 0) is 0 Å². The van der Waals surface area contributed by atoms with E-state index in [0.29, 0.717) is 47.1 Å². The van der Waals surface area contributed by atoms with E-state index in [0.717, 1.165) is 17.7 Å². The highest BCUT2D eigenvalue weighted by Crippen LogP contribution is 2.34. The van der Waals surface area contributed by atoms with Crippen LogP contribution >= 0.6 is 0 Å². The first-order chi connectivity index (χ1) is 17.2. The molecular weight excluding hydrogens is 466 g/mol. The van der Waals surface area contributed by atoms with Gasteiger partial charge in [-0.2, -0.15) is 0 Å². The summed E-state index contributed by atoms with van der Waals surface area (Å²) in [7, 11) is 3.44. The van der Waals surface area contributed by atoms with Gasteiger partial charge in [-0.25, -0.2) is 13.2 Å². The van der Waals surface area contributed by atoms with Crippen molar-refractivity contribution in [1.82, 2.24) is 20.2 Å². The molecule has 0 radical (unpaired) electrons. The third kappa shape index (κ3) is 4.47. The molecule has 2 heterocycles. The van der Waals surface area contributed by atoms with Crippen molar-refractivity contribution in [3.05, 3.63) is 70.7 Å². The van der Waals surface area contributed by atoms with Crippen molar-refractivity contribution >= 4 is 41.8 Å². The quantitative estimate of drug-likeness (QED) is 0.422. The van der Waals surface area contributed by atoms with Crippen LogP contribution in [-0.4, -0.2) is 53.5 Å². The van der Waals surface area contributed by atoms with E-state index in [1.807, 2.05) is 21.7 Å². The molecule has 0 saturated carbocycles. The largest absolute Gasteiger partial charge is 0.387 e. The number of piperidine rings is 1. The van der Waals surface area contributed by atoms with Gasteiger partial charge in [-0.3, -0.25) is 14.8 Å². The minimum absolute atomic E-state index is 0.113. The Hall–Kier alpha value is -3.69. The number of nitrogens with one attached hydrogen (secondary N) is 2. The molecule has 0 spiro atoms. The molecule has 0 bridgehead atoms. The Bertz CT molecular complexity index is 1370. The van der Waals surface area contributed by atoms with Gasteiger partial charge in [0, 0.05) is 47.3 Å². The SMILES string of the molecule is Bc1cnc2cc(C(=O)N3[C@@H](CC)C/C(=C(/NC)c4cc(F)c(F)c(F)c4)C(=N)[C@H]3CC)ccc2n1. The Morgan fingerprint density at radius 2 is 1.81 bits per heavy atom. The van der Waals surface area contributed by atoms with E-state index < -0.39 is 23.5 Å². The first-order valence-electron chi connectivity index (χ1n) is 11.9. The number of rotatable bonds is 5. The molecule has 2 N–H and O–H groups in total. The molecule has 2 atom stereocenters. The summed E-state index contributed by atoms with van der Waals surface area (Å²) in [5.41, 5.74) is 3.72. The fourth-order valence-electron chi connectivity index (χ4n) is 4.88. The van der Waals surface area contributed by atoms with Gasteiger partial charge in [-0.1, -0.05) is 13.8 Å². The number of nitrogens with zero attached hydrogens (tertiary/aromatic N) is 3. The van der Waals surface area contributed by atoms with E-state index in [1.165, 1.54) is 0 Å². The number of aromatic nitrogens is 2. The third-order valence-corrected chi connectivity index (χ3v) is 6.65. The van der Waals surface area contributed by atoms with Crippen molar-refractivity contribution in [2.45, 2.75) is 45.2 Å². The fraction of sp³-hybridized carbons (Fsp3) is 0.308. The molecule has 2 aromatic carbocycles. The van der Waals surface area contributed by atoms with Gasteiger partial charge < -0.3 is 15.6 Å². The maximum Gasteiger partial charge on any atom is 0.254 e. The molecule has 0 unspecified atom stereocenters. The summed E-state index contributed by atoms with van der Waals surface area (Å²) < 4.78 is 41.6. The zero-order valence-electron chi connectivity index (χ0n) is 20.6. The van der Waals surface area contributed by atoms with E-state index in [4.69, 9.17) is 5.41 Å². The molecule has 6 nitrogen and oxygen atoms in total. The number of fused-ring (bicyclic) bond motifs is 1. The van der Waals surface area contributed by atoms with Gasteiger partial charge in [0.15, 0.2) is 25.3 Å². The highest BCUT2D eigenvalue weighted by Gasteiger charge is 2.39. The lowest BCUT2D eigenvalue weighted by Crippen LogP contribution is -2.55. The fourth-order valence-corrected chi connectivity index (χ4v) is 4.88. The second kappa shape index (κ2) is 10.1. The zero-order valence-corrected chi connectivity index (χ0v) is 20.6. The number of carbonyl (C=O) groups excluding carboxylic acids is 1. The predicted molar refractivity (Wildman–Crippen MR) is 137 cm³/mol. The molecule has 1 aliphatic rings. The Morgan fingerprint density at radius 3 is 2.42 bits per heavy atom. The van der Waals surface area contributed by atoms with Gasteiger partial charge in [0.1, 0.15) is 0 Å². The van der Waals surface area contributed by atoms with Gasteiger partial charge in [0.05, 0.1) is 22.8 Å². The Balaban J connectivity index is 1.76. The summed E-state index contributed by atoms with van der Waals surface area (Å²) >= 11 is 0. The molecule has 1 saturated heterocycles. The van der Waals surface area contributed by atoms with Crippen molar-refractivity contribution in [3.8, 4) is 0 Å². The number of hydrogen-bond donors (Lipinski definition) is 2. The van der Waals surface area contributed by atoms with Crippen LogP contribution in [0.5, 0.6) is 0 Å². The van der Waals surface area contributed by atoms with Crippen LogP contribution in [0.25, 0.3) is 16.7 Å². The number of benzene rings is 2. The minimum Gasteiger partial charge on any atom is -0.387 e. The maximum atomic E-state index is 14.0. The molecule has 10 heteroatoms. The monoisotopic (exact) mass is 493 g/mol. The van der Waals surface area contributed by atoms with Gasteiger partial charge in [0.2, 0.25) is 0 Å². The minimum atomic E-state index is -1.54. The van der Waals surface area contributed by atoms with Crippen LogP contribution < -0.4 is 10.9 Å².